The molecule has 0 saturated carbocycles. The average Bonchev–Trinajstić information content (AvgIpc) is 2.67. The topological polar surface area (TPSA) is 60.7 Å². The van der Waals surface area contributed by atoms with Gasteiger partial charge in [-0.3, -0.25) is 0 Å². The van der Waals surface area contributed by atoms with Gasteiger partial charge in [-0.1, -0.05) is 71.4 Å². The fraction of sp³-hybridized carbons (Fsp3) is 0.926. The van der Waals surface area contributed by atoms with Gasteiger partial charge in [-0.25, -0.2) is 0 Å². The summed E-state index contributed by atoms with van der Waals surface area (Å²) in [4.78, 5) is 0. The van der Waals surface area contributed by atoms with E-state index in [2.05, 4.69) is 27.7 Å². The van der Waals surface area contributed by atoms with E-state index in [1.54, 1.807) is 0 Å². The highest BCUT2D eigenvalue weighted by Gasteiger charge is 2.32. The maximum atomic E-state index is 10.8. The third-order valence-electron chi connectivity index (χ3n) is 7.72. The van der Waals surface area contributed by atoms with Gasteiger partial charge >= 0.3 is 0 Å². The van der Waals surface area contributed by atoms with Crippen LogP contribution < -0.4 is 0 Å². The zero-order chi connectivity index (χ0) is 23.7. The summed E-state index contributed by atoms with van der Waals surface area (Å²) in [5, 5.41) is 31.8. The van der Waals surface area contributed by atoms with Crippen molar-refractivity contribution in [1.29, 1.82) is 0 Å². The molecule has 31 heavy (non-hydrogen) atoms. The Morgan fingerprint density at radius 2 is 1.45 bits per heavy atom. The van der Waals surface area contributed by atoms with E-state index in [-0.39, 0.29) is 17.3 Å². The van der Waals surface area contributed by atoms with Crippen LogP contribution >= 0.6 is 12.6 Å². The van der Waals surface area contributed by atoms with Gasteiger partial charge in [0.25, 0.3) is 0 Å². The van der Waals surface area contributed by atoms with E-state index in [0.29, 0.717) is 11.8 Å². The quantitative estimate of drug-likeness (QED) is 0.126. The molecule has 3 N–H and O–H groups in total. The van der Waals surface area contributed by atoms with E-state index in [1.165, 1.54) is 18.4 Å². The maximum absolute atomic E-state index is 10.8. The molecule has 0 aliphatic heterocycles. The molecule has 1 rings (SSSR count). The van der Waals surface area contributed by atoms with Crippen LogP contribution in [0.1, 0.15) is 119 Å². The Hall–Kier alpha value is -0.0300. The molecule has 0 fully saturated rings. The Morgan fingerprint density at radius 3 is 2.03 bits per heavy atom. The number of unbranched alkanes of at least 4 members (excludes halogenated alkanes) is 2. The van der Waals surface area contributed by atoms with Crippen LogP contribution in [0.4, 0.5) is 0 Å². The summed E-state index contributed by atoms with van der Waals surface area (Å²) in [7, 11) is 0. The lowest BCUT2D eigenvalue weighted by atomic mass is 9.78. The number of rotatable bonds is 15. The second-order valence-corrected chi connectivity index (χ2v) is 11.8. The lowest BCUT2D eigenvalue weighted by Crippen LogP contribution is -2.34. The molecule has 3 nitrogen and oxygen atoms in total. The van der Waals surface area contributed by atoms with Crippen molar-refractivity contribution in [2.24, 2.45) is 17.8 Å². The monoisotopic (exact) mass is 456 g/mol. The molecule has 0 amide bonds. The molecule has 0 heterocycles. The van der Waals surface area contributed by atoms with Crippen LogP contribution in [-0.4, -0.2) is 37.9 Å². The van der Waals surface area contributed by atoms with Crippen molar-refractivity contribution in [3.63, 3.8) is 0 Å². The molecule has 0 saturated heterocycles. The van der Waals surface area contributed by atoms with Gasteiger partial charge in [-0.2, -0.15) is 12.6 Å². The molecule has 7 atom stereocenters. The van der Waals surface area contributed by atoms with Crippen molar-refractivity contribution >= 4 is 12.6 Å². The Labute approximate surface area is 198 Å². The molecule has 7 unspecified atom stereocenters. The molecular formula is C27H52O3S. The lowest BCUT2D eigenvalue weighted by Gasteiger charge is -2.35. The van der Waals surface area contributed by atoms with Crippen LogP contribution in [0.25, 0.3) is 0 Å². The molecule has 0 aromatic carbocycles. The second kappa shape index (κ2) is 13.6. The predicted molar refractivity (Wildman–Crippen MR) is 137 cm³/mol. The van der Waals surface area contributed by atoms with Crippen molar-refractivity contribution in [2.45, 2.75) is 141 Å². The summed E-state index contributed by atoms with van der Waals surface area (Å²) in [5.74, 6) is 1.27. The molecule has 1 aliphatic rings. The summed E-state index contributed by atoms with van der Waals surface area (Å²) >= 11 is 4.81. The van der Waals surface area contributed by atoms with E-state index in [4.69, 9.17) is 12.6 Å². The highest BCUT2D eigenvalue weighted by molar-refractivity contribution is 7.81. The Kier molecular flexibility index (Phi) is 12.7. The summed E-state index contributed by atoms with van der Waals surface area (Å²) in [6.45, 7) is 12.7. The minimum Gasteiger partial charge on any atom is -0.390 e. The van der Waals surface area contributed by atoms with Gasteiger partial charge in [0.05, 0.1) is 17.3 Å². The molecule has 0 bridgehead atoms. The standard InChI is InChI=1S/C27H52O3S/c1-7-8-9-15-26(5,29)17-11-18-27(6,30)16-10-12-20(2)13-14-23-19-24(28)21(3)22(4)25(23)31/h19-22,24-25,28-31H,7-18H2,1-6H3. The Morgan fingerprint density at radius 1 is 0.903 bits per heavy atom. The van der Waals surface area contributed by atoms with Crippen LogP contribution in [0.3, 0.4) is 0 Å². The van der Waals surface area contributed by atoms with E-state index >= 15 is 0 Å². The maximum Gasteiger partial charge on any atom is 0.0752 e. The average molecular weight is 457 g/mol. The van der Waals surface area contributed by atoms with Crippen molar-refractivity contribution in [2.75, 3.05) is 0 Å². The van der Waals surface area contributed by atoms with Crippen LogP contribution in [0.15, 0.2) is 11.6 Å². The first-order chi connectivity index (χ1) is 14.4. The zero-order valence-electron chi connectivity index (χ0n) is 21.2. The minimum atomic E-state index is -0.642. The van der Waals surface area contributed by atoms with Crippen molar-refractivity contribution in [3.05, 3.63) is 11.6 Å². The van der Waals surface area contributed by atoms with Crippen molar-refractivity contribution in [1.82, 2.24) is 0 Å². The first-order valence-corrected chi connectivity index (χ1v) is 13.4. The van der Waals surface area contributed by atoms with Gasteiger partial charge in [0.1, 0.15) is 0 Å². The van der Waals surface area contributed by atoms with E-state index < -0.39 is 11.2 Å². The highest BCUT2D eigenvalue weighted by atomic mass is 32.1. The number of hydrogen-bond acceptors (Lipinski definition) is 4. The molecular weight excluding hydrogens is 404 g/mol. The summed E-state index contributed by atoms with van der Waals surface area (Å²) in [5.41, 5.74) is 0.0597. The summed E-state index contributed by atoms with van der Waals surface area (Å²) in [6.07, 6.45) is 13.5. The molecule has 0 radical (unpaired) electrons. The second-order valence-electron chi connectivity index (χ2n) is 11.2. The lowest BCUT2D eigenvalue weighted by molar-refractivity contribution is 0.0107. The van der Waals surface area contributed by atoms with Gasteiger partial charge < -0.3 is 15.3 Å². The highest BCUT2D eigenvalue weighted by Crippen LogP contribution is 2.36. The van der Waals surface area contributed by atoms with Gasteiger partial charge in [0.15, 0.2) is 0 Å². The van der Waals surface area contributed by atoms with Gasteiger partial charge in [0, 0.05) is 5.25 Å². The number of thiol groups is 1. The van der Waals surface area contributed by atoms with Crippen LogP contribution in [0.5, 0.6) is 0 Å². The van der Waals surface area contributed by atoms with Gasteiger partial charge in [0.2, 0.25) is 0 Å². The van der Waals surface area contributed by atoms with Crippen molar-refractivity contribution < 1.29 is 15.3 Å². The number of hydrogen-bond donors (Lipinski definition) is 4. The summed E-state index contributed by atoms with van der Waals surface area (Å²) in [6, 6.07) is 0. The van der Waals surface area contributed by atoms with E-state index in [1.807, 2.05) is 19.9 Å². The first kappa shape index (κ1) is 29.0. The Balaban J connectivity index is 2.28. The number of aliphatic hydroxyl groups is 3. The van der Waals surface area contributed by atoms with Crippen LogP contribution in [-0.2, 0) is 0 Å². The SMILES string of the molecule is CCCCCC(C)(O)CCCC(C)(O)CCCC(C)CCC1=CC(O)C(C)C(C)C1S. The Bertz CT molecular complexity index is 529. The predicted octanol–water partition coefficient (Wildman–Crippen LogP) is 6.70. The molecule has 0 aromatic heterocycles. The number of aliphatic hydroxyl groups excluding tert-OH is 1. The molecule has 1 aliphatic carbocycles. The smallest absolute Gasteiger partial charge is 0.0752 e. The third-order valence-corrected chi connectivity index (χ3v) is 8.52. The molecule has 184 valence electrons. The fourth-order valence-corrected chi connectivity index (χ4v) is 5.37. The molecule has 0 spiro atoms. The van der Waals surface area contributed by atoms with E-state index in [9.17, 15) is 15.3 Å². The fourth-order valence-electron chi connectivity index (χ4n) is 4.88. The van der Waals surface area contributed by atoms with Gasteiger partial charge in [-0.05, 0) is 76.5 Å². The first-order valence-electron chi connectivity index (χ1n) is 12.9. The third kappa shape index (κ3) is 11.1. The largest absolute Gasteiger partial charge is 0.390 e. The molecule has 4 heteroatoms. The molecule has 0 aromatic rings. The normalized spacial score (nSPS) is 29.2. The van der Waals surface area contributed by atoms with Gasteiger partial charge in [-0.15, -0.1) is 0 Å². The minimum absolute atomic E-state index is 0.255. The van der Waals surface area contributed by atoms with E-state index in [0.717, 1.165) is 64.2 Å². The van der Waals surface area contributed by atoms with Crippen molar-refractivity contribution in [3.8, 4) is 0 Å². The zero-order valence-corrected chi connectivity index (χ0v) is 22.1. The summed E-state index contributed by atoms with van der Waals surface area (Å²) < 4.78 is 0. The van der Waals surface area contributed by atoms with Crippen LogP contribution in [0, 0.1) is 17.8 Å². The van der Waals surface area contributed by atoms with Crippen LogP contribution in [0.2, 0.25) is 0 Å².